The number of fused-ring (bicyclic) bond motifs is 1. The third-order valence-electron chi connectivity index (χ3n) is 4.83. The highest BCUT2D eigenvalue weighted by Gasteiger charge is 2.37. The lowest BCUT2D eigenvalue weighted by atomic mass is 10.1. The number of benzene rings is 3. The maximum Gasteiger partial charge on any atom is 0.337 e. The molecule has 0 radical (unpaired) electrons. The summed E-state index contributed by atoms with van der Waals surface area (Å²) in [5, 5.41) is 3.20. The molecule has 0 aromatic heterocycles. The van der Waals surface area contributed by atoms with Gasteiger partial charge in [0.1, 0.15) is 5.75 Å². The first-order chi connectivity index (χ1) is 14.5. The van der Waals surface area contributed by atoms with Crippen molar-refractivity contribution in [3.05, 3.63) is 83.4 Å². The van der Waals surface area contributed by atoms with Gasteiger partial charge in [0, 0.05) is 0 Å². The number of rotatable bonds is 5. The van der Waals surface area contributed by atoms with Gasteiger partial charge in [-0.15, -0.1) is 0 Å². The summed E-state index contributed by atoms with van der Waals surface area (Å²) in [7, 11) is 2.82. The standard InChI is InChI=1S/C23H18N2O5/c1-29-20-10-6-5-9-18(20)24-17-12-11-14(23(28)30-2)13-19(17)25-21(26)15-7-3-4-8-16(15)22(25)27/h3-13,24H,1-2H3. The van der Waals surface area contributed by atoms with Gasteiger partial charge in [-0.3, -0.25) is 9.59 Å². The van der Waals surface area contributed by atoms with Gasteiger partial charge in [0.2, 0.25) is 0 Å². The van der Waals surface area contributed by atoms with Crippen LogP contribution in [0.15, 0.2) is 66.7 Å². The van der Waals surface area contributed by atoms with Gasteiger partial charge < -0.3 is 14.8 Å². The molecule has 3 aromatic carbocycles. The van der Waals surface area contributed by atoms with E-state index in [4.69, 9.17) is 9.47 Å². The molecule has 0 aliphatic carbocycles. The van der Waals surface area contributed by atoms with Crippen LogP contribution < -0.4 is 15.0 Å². The maximum atomic E-state index is 13.0. The quantitative estimate of drug-likeness (QED) is 0.512. The molecule has 2 amide bonds. The lowest BCUT2D eigenvalue weighted by molar-refractivity contribution is 0.0600. The normalized spacial score (nSPS) is 12.5. The number of carbonyl (C=O) groups excluding carboxylic acids is 3. The molecule has 0 unspecified atom stereocenters. The van der Waals surface area contributed by atoms with Gasteiger partial charge >= 0.3 is 5.97 Å². The van der Waals surface area contributed by atoms with Gasteiger partial charge in [0.15, 0.2) is 0 Å². The Kier molecular flexibility index (Phi) is 4.93. The van der Waals surface area contributed by atoms with Crippen LogP contribution in [0.1, 0.15) is 31.1 Å². The van der Waals surface area contributed by atoms with Gasteiger partial charge in [0.05, 0.1) is 48.0 Å². The van der Waals surface area contributed by atoms with Crippen LogP contribution >= 0.6 is 0 Å². The van der Waals surface area contributed by atoms with Crippen LogP contribution in [0.4, 0.5) is 17.1 Å². The number of nitrogens with zero attached hydrogens (tertiary/aromatic N) is 1. The van der Waals surface area contributed by atoms with Crippen LogP contribution in [-0.4, -0.2) is 32.0 Å². The Morgan fingerprint density at radius 3 is 2.10 bits per heavy atom. The first kappa shape index (κ1) is 19.2. The third kappa shape index (κ3) is 3.16. The van der Waals surface area contributed by atoms with E-state index in [1.807, 2.05) is 12.1 Å². The zero-order valence-corrected chi connectivity index (χ0v) is 16.3. The molecule has 30 heavy (non-hydrogen) atoms. The van der Waals surface area contributed by atoms with E-state index in [0.717, 1.165) is 4.90 Å². The first-order valence-electron chi connectivity index (χ1n) is 9.15. The number of hydrogen-bond acceptors (Lipinski definition) is 6. The molecular formula is C23H18N2O5. The van der Waals surface area contributed by atoms with Gasteiger partial charge in [-0.25, -0.2) is 9.69 Å². The number of anilines is 3. The fourth-order valence-corrected chi connectivity index (χ4v) is 3.37. The number of methoxy groups -OCH3 is 2. The lowest BCUT2D eigenvalue weighted by Crippen LogP contribution is -2.30. The number of amides is 2. The topological polar surface area (TPSA) is 84.9 Å². The van der Waals surface area contributed by atoms with Crippen molar-refractivity contribution < 1.29 is 23.9 Å². The molecule has 0 fully saturated rings. The smallest absolute Gasteiger partial charge is 0.337 e. The molecule has 1 heterocycles. The van der Waals surface area contributed by atoms with Crippen LogP contribution in [0.3, 0.4) is 0 Å². The predicted octanol–water partition coefficient (Wildman–Crippen LogP) is 4.03. The summed E-state index contributed by atoms with van der Waals surface area (Å²) in [6, 6.07) is 18.5. The molecule has 3 aromatic rings. The Labute approximate surface area is 172 Å². The maximum absolute atomic E-state index is 13.0. The van der Waals surface area contributed by atoms with Gasteiger partial charge in [-0.2, -0.15) is 0 Å². The number of ether oxygens (including phenoxy) is 2. The molecular weight excluding hydrogens is 384 g/mol. The molecule has 7 nitrogen and oxygen atoms in total. The van der Waals surface area contributed by atoms with E-state index < -0.39 is 17.8 Å². The third-order valence-corrected chi connectivity index (χ3v) is 4.83. The van der Waals surface area contributed by atoms with E-state index in [-0.39, 0.29) is 11.3 Å². The molecule has 0 saturated heterocycles. The summed E-state index contributed by atoms with van der Waals surface area (Å²) in [6.07, 6.45) is 0. The lowest BCUT2D eigenvalue weighted by Gasteiger charge is -2.21. The molecule has 4 rings (SSSR count). The number of imide groups is 1. The zero-order chi connectivity index (χ0) is 21.3. The highest BCUT2D eigenvalue weighted by atomic mass is 16.5. The molecule has 0 bridgehead atoms. The Morgan fingerprint density at radius 2 is 1.47 bits per heavy atom. The Morgan fingerprint density at radius 1 is 0.833 bits per heavy atom. The zero-order valence-electron chi connectivity index (χ0n) is 16.3. The second-order valence-corrected chi connectivity index (χ2v) is 6.54. The Balaban J connectivity index is 1.84. The summed E-state index contributed by atoms with van der Waals surface area (Å²) < 4.78 is 10.2. The first-order valence-corrected chi connectivity index (χ1v) is 9.15. The molecule has 0 saturated carbocycles. The largest absolute Gasteiger partial charge is 0.495 e. The summed E-state index contributed by atoms with van der Waals surface area (Å²) in [5.74, 6) is -0.902. The molecule has 0 atom stereocenters. The molecule has 1 aliphatic heterocycles. The highest BCUT2D eigenvalue weighted by Crippen LogP contribution is 2.37. The summed E-state index contributed by atoms with van der Waals surface area (Å²) >= 11 is 0. The summed E-state index contributed by atoms with van der Waals surface area (Å²) in [6.45, 7) is 0. The van der Waals surface area contributed by atoms with Crippen molar-refractivity contribution in [3.63, 3.8) is 0 Å². The Bertz CT molecular complexity index is 1140. The van der Waals surface area contributed by atoms with E-state index in [1.54, 1.807) is 55.6 Å². The predicted molar refractivity (Wildman–Crippen MR) is 112 cm³/mol. The van der Waals surface area contributed by atoms with Crippen molar-refractivity contribution >= 4 is 34.8 Å². The molecule has 0 spiro atoms. The van der Waals surface area contributed by atoms with Crippen LogP contribution in [-0.2, 0) is 4.74 Å². The molecule has 1 N–H and O–H groups in total. The van der Waals surface area contributed by atoms with Crippen molar-refractivity contribution in [2.45, 2.75) is 0 Å². The number of carbonyl (C=O) groups is 3. The number of hydrogen-bond donors (Lipinski definition) is 1. The van der Waals surface area contributed by atoms with Gasteiger partial charge in [0.25, 0.3) is 11.8 Å². The second kappa shape index (κ2) is 7.71. The van der Waals surface area contributed by atoms with E-state index in [2.05, 4.69) is 5.32 Å². The minimum atomic E-state index is -0.572. The monoisotopic (exact) mass is 402 g/mol. The number of para-hydroxylation sites is 2. The highest BCUT2D eigenvalue weighted by molar-refractivity contribution is 6.35. The average molecular weight is 402 g/mol. The van der Waals surface area contributed by atoms with Crippen molar-refractivity contribution in [2.24, 2.45) is 0 Å². The summed E-state index contributed by atoms with van der Waals surface area (Å²) in [4.78, 5) is 39.2. The second-order valence-electron chi connectivity index (χ2n) is 6.54. The van der Waals surface area contributed by atoms with Crippen LogP contribution in [0.5, 0.6) is 5.75 Å². The van der Waals surface area contributed by atoms with Gasteiger partial charge in [-0.1, -0.05) is 24.3 Å². The fraction of sp³-hybridized carbons (Fsp3) is 0.0870. The van der Waals surface area contributed by atoms with Crippen LogP contribution in [0, 0.1) is 0 Å². The fourth-order valence-electron chi connectivity index (χ4n) is 3.37. The van der Waals surface area contributed by atoms with Gasteiger partial charge in [-0.05, 0) is 42.5 Å². The average Bonchev–Trinajstić information content (AvgIpc) is 3.04. The van der Waals surface area contributed by atoms with Crippen LogP contribution in [0.2, 0.25) is 0 Å². The van der Waals surface area contributed by atoms with Crippen molar-refractivity contribution in [2.75, 3.05) is 24.4 Å². The number of nitrogens with one attached hydrogen (secondary N) is 1. The minimum absolute atomic E-state index is 0.217. The molecule has 1 aliphatic rings. The summed E-state index contributed by atoms with van der Waals surface area (Å²) in [5.41, 5.74) is 2.19. The van der Waals surface area contributed by atoms with E-state index >= 15 is 0 Å². The Hall–Kier alpha value is -4.13. The molecule has 7 heteroatoms. The van der Waals surface area contributed by atoms with Crippen LogP contribution in [0.25, 0.3) is 0 Å². The number of esters is 1. The van der Waals surface area contributed by atoms with E-state index in [1.165, 1.54) is 13.2 Å². The van der Waals surface area contributed by atoms with E-state index in [0.29, 0.717) is 28.3 Å². The van der Waals surface area contributed by atoms with Crippen molar-refractivity contribution in [3.8, 4) is 5.75 Å². The minimum Gasteiger partial charge on any atom is -0.495 e. The molecule has 150 valence electrons. The van der Waals surface area contributed by atoms with Crippen molar-refractivity contribution in [1.82, 2.24) is 0 Å². The SMILES string of the molecule is COC(=O)c1ccc(Nc2ccccc2OC)c(N2C(=O)c3ccccc3C2=O)c1. The van der Waals surface area contributed by atoms with E-state index in [9.17, 15) is 14.4 Å². The van der Waals surface area contributed by atoms with Crippen molar-refractivity contribution in [1.29, 1.82) is 0 Å².